The van der Waals surface area contributed by atoms with Gasteiger partial charge in [0.25, 0.3) is 0 Å². The number of hydrogen-bond acceptors (Lipinski definition) is 2. The van der Waals surface area contributed by atoms with Crippen molar-refractivity contribution in [3.63, 3.8) is 0 Å². The number of aromatic nitrogens is 1. The molecule has 1 aromatic heterocycles. The van der Waals surface area contributed by atoms with Crippen LogP contribution < -0.4 is 5.43 Å². The van der Waals surface area contributed by atoms with Crippen LogP contribution in [0.4, 0.5) is 4.39 Å². The van der Waals surface area contributed by atoms with Gasteiger partial charge in [-0.3, -0.25) is 9.59 Å². The van der Waals surface area contributed by atoms with E-state index < -0.39 is 0 Å². The minimum Gasteiger partial charge on any atom is -0.350 e. The number of carbonyl (C=O) groups is 1. The maximum atomic E-state index is 13.0. The number of fused-ring (bicyclic) bond motifs is 1. The molecule has 0 N–H and O–H groups in total. The first-order valence-electron chi connectivity index (χ1n) is 6.61. The van der Waals surface area contributed by atoms with Gasteiger partial charge in [-0.25, -0.2) is 4.39 Å². The Morgan fingerprint density at radius 2 is 1.95 bits per heavy atom. The molecule has 0 bridgehead atoms. The molecule has 3 nitrogen and oxygen atoms in total. The molecule has 4 heteroatoms. The zero-order valence-corrected chi connectivity index (χ0v) is 11.1. The Hall–Kier alpha value is -2.23. The van der Waals surface area contributed by atoms with Crippen LogP contribution >= 0.6 is 0 Å². The van der Waals surface area contributed by atoms with Crippen molar-refractivity contribution in [2.75, 3.05) is 0 Å². The van der Waals surface area contributed by atoms with E-state index in [0.29, 0.717) is 11.1 Å². The van der Waals surface area contributed by atoms with Gasteiger partial charge >= 0.3 is 0 Å². The molecule has 2 aromatic rings. The Kier molecular flexibility index (Phi) is 3.01. The number of hydrogen-bond donors (Lipinski definition) is 0. The molecule has 0 radical (unpaired) electrons. The van der Waals surface area contributed by atoms with E-state index in [1.807, 2.05) is 4.57 Å². The van der Waals surface area contributed by atoms with Crippen LogP contribution in [0, 0.1) is 5.82 Å². The first-order valence-corrected chi connectivity index (χ1v) is 6.61. The summed E-state index contributed by atoms with van der Waals surface area (Å²) in [5.74, 6) is -0.575. The fourth-order valence-electron chi connectivity index (χ4n) is 2.75. The van der Waals surface area contributed by atoms with Gasteiger partial charge in [0.15, 0.2) is 11.2 Å². The summed E-state index contributed by atoms with van der Waals surface area (Å²) in [5, 5.41) is 0. The van der Waals surface area contributed by atoms with Gasteiger partial charge in [-0.2, -0.15) is 0 Å². The first-order chi connectivity index (χ1) is 9.58. The summed E-state index contributed by atoms with van der Waals surface area (Å²) < 4.78 is 15.0. The summed E-state index contributed by atoms with van der Waals surface area (Å²) in [7, 11) is 0. The number of benzene rings is 1. The summed E-state index contributed by atoms with van der Waals surface area (Å²) in [6, 6.07) is 5.85. The van der Waals surface area contributed by atoms with Gasteiger partial charge in [0, 0.05) is 24.0 Å². The van der Waals surface area contributed by atoms with Gasteiger partial charge in [-0.1, -0.05) is 12.1 Å². The topological polar surface area (TPSA) is 39.1 Å². The van der Waals surface area contributed by atoms with Gasteiger partial charge in [-0.15, -0.1) is 0 Å². The highest BCUT2D eigenvalue weighted by Crippen LogP contribution is 2.26. The Balaban J connectivity index is 2.31. The Bertz CT molecular complexity index is 744. The summed E-state index contributed by atoms with van der Waals surface area (Å²) >= 11 is 0. The number of halogens is 1. The second kappa shape index (κ2) is 4.71. The molecule has 20 heavy (non-hydrogen) atoms. The summed E-state index contributed by atoms with van der Waals surface area (Å²) in [4.78, 5) is 24.2. The van der Waals surface area contributed by atoms with Crippen LogP contribution in [-0.4, -0.2) is 10.4 Å². The van der Waals surface area contributed by atoms with E-state index in [4.69, 9.17) is 0 Å². The molecule has 102 valence electrons. The lowest BCUT2D eigenvalue weighted by Gasteiger charge is -2.12. The van der Waals surface area contributed by atoms with Crippen molar-refractivity contribution in [1.82, 2.24) is 4.57 Å². The standard InChI is InChI=1S/C16H14FNO2/c1-10(19)13-9-18-8-2-3-14(18)15(16(13)20)11-4-6-12(17)7-5-11/h4-7,9H,2-3,8H2,1H3. The highest BCUT2D eigenvalue weighted by atomic mass is 19.1. The number of Topliss-reactive ketones (excluding diaryl/α,β-unsaturated/α-hetero) is 1. The Morgan fingerprint density at radius 3 is 2.60 bits per heavy atom. The van der Waals surface area contributed by atoms with Crippen LogP contribution in [0.25, 0.3) is 11.1 Å². The van der Waals surface area contributed by atoms with Crippen molar-refractivity contribution < 1.29 is 9.18 Å². The zero-order chi connectivity index (χ0) is 14.3. The molecule has 0 aliphatic carbocycles. The lowest BCUT2D eigenvalue weighted by Crippen LogP contribution is -2.20. The summed E-state index contributed by atoms with van der Waals surface area (Å²) in [5.41, 5.74) is 2.10. The fraction of sp³-hybridized carbons (Fsp3) is 0.250. The highest BCUT2D eigenvalue weighted by molar-refractivity contribution is 5.95. The Morgan fingerprint density at radius 1 is 1.25 bits per heavy atom. The van der Waals surface area contributed by atoms with Crippen molar-refractivity contribution in [2.45, 2.75) is 26.3 Å². The van der Waals surface area contributed by atoms with Crippen molar-refractivity contribution in [2.24, 2.45) is 0 Å². The maximum absolute atomic E-state index is 13.0. The molecule has 1 aliphatic heterocycles. The number of pyridine rings is 1. The first kappa shape index (κ1) is 12.8. The molecule has 0 amide bonds. The predicted molar refractivity (Wildman–Crippen MR) is 74.4 cm³/mol. The van der Waals surface area contributed by atoms with Crippen molar-refractivity contribution in [3.8, 4) is 11.1 Å². The largest absolute Gasteiger partial charge is 0.350 e. The van der Waals surface area contributed by atoms with E-state index in [1.54, 1.807) is 18.3 Å². The molecule has 2 heterocycles. The van der Waals surface area contributed by atoms with Crippen LogP contribution in [0.1, 0.15) is 29.4 Å². The molecule has 0 atom stereocenters. The highest BCUT2D eigenvalue weighted by Gasteiger charge is 2.21. The van der Waals surface area contributed by atoms with Gasteiger partial charge in [-0.05, 0) is 37.5 Å². The van der Waals surface area contributed by atoms with E-state index >= 15 is 0 Å². The third-order valence-electron chi connectivity index (χ3n) is 3.72. The third kappa shape index (κ3) is 1.97. The third-order valence-corrected chi connectivity index (χ3v) is 3.72. The van der Waals surface area contributed by atoms with Gasteiger partial charge < -0.3 is 4.57 Å². The summed E-state index contributed by atoms with van der Waals surface area (Å²) in [6.07, 6.45) is 3.41. The Labute approximate surface area is 115 Å². The zero-order valence-electron chi connectivity index (χ0n) is 11.1. The quantitative estimate of drug-likeness (QED) is 0.788. The number of nitrogens with zero attached hydrogens (tertiary/aromatic N) is 1. The van der Waals surface area contributed by atoms with Crippen molar-refractivity contribution in [3.05, 3.63) is 57.8 Å². The second-order valence-corrected chi connectivity index (χ2v) is 5.05. The van der Waals surface area contributed by atoms with E-state index in [2.05, 4.69) is 0 Å². The lowest BCUT2D eigenvalue weighted by atomic mass is 9.99. The number of aryl methyl sites for hydroxylation is 1. The predicted octanol–water partition coefficient (Wildman–Crippen LogP) is 2.80. The van der Waals surface area contributed by atoms with Crippen LogP contribution in [0.5, 0.6) is 0 Å². The van der Waals surface area contributed by atoms with Crippen LogP contribution in [0.15, 0.2) is 35.3 Å². The molecule has 0 spiro atoms. The number of rotatable bonds is 2. The molecular weight excluding hydrogens is 257 g/mol. The minimum atomic E-state index is -0.340. The molecular formula is C16H14FNO2. The molecule has 1 aromatic carbocycles. The monoisotopic (exact) mass is 271 g/mol. The van der Waals surface area contributed by atoms with E-state index in [9.17, 15) is 14.0 Å². The number of carbonyl (C=O) groups excluding carboxylic acids is 1. The molecule has 0 fully saturated rings. The average Bonchev–Trinajstić information content (AvgIpc) is 2.87. The summed E-state index contributed by atoms with van der Waals surface area (Å²) in [6.45, 7) is 2.21. The van der Waals surface area contributed by atoms with Crippen molar-refractivity contribution >= 4 is 5.78 Å². The van der Waals surface area contributed by atoms with Crippen LogP contribution in [0.3, 0.4) is 0 Å². The molecule has 3 rings (SSSR count). The van der Waals surface area contributed by atoms with Gasteiger partial charge in [0.1, 0.15) is 5.82 Å². The van der Waals surface area contributed by atoms with E-state index in [-0.39, 0.29) is 22.6 Å². The molecule has 0 unspecified atom stereocenters. The van der Waals surface area contributed by atoms with E-state index in [1.165, 1.54) is 19.1 Å². The lowest BCUT2D eigenvalue weighted by molar-refractivity contribution is 0.101. The minimum absolute atomic E-state index is 0.204. The molecule has 0 saturated carbocycles. The van der Waals surface area contributed by atoms with Gasteiger partial charge in [0.2, 0.25) is 0 Å². The second-order valence-electron chi connectivity index (χ2n) is 5.05. The van der Waals surface area contributed by atoms with Crippen molar-refractivity contribution in [1.29, 1.82) is 0 Å². The van der Waals surface area contributed by atoms with E-state index in [0.717, 1.165) is 25.1 Å². The molecule has 1 aliphatic rings. The SMILES string of the molecule is CC(=O)c1cn2c(c(-c3ccc(F)cc3)c1=O)CCC2. The van der Waals surface area contributed by atoms with Crippen LogP contribution in [-0.2, 0) is 13.0 Å². The average molecular weight is 271 g/mol. The maximum Gasteiger partial charge on any atom is 0.200 e. The smallest absolute Gasteiger partial charge is 0.200 e. The van der Waals surface area contributed by atoms with Crippen LogP contribution in [0.2, 0.25) is 0 Å². The van der Waals surface area contributed by atoms with Gasteiger partial charge in [0.05, 0.1) is 5.56 Å². The molecule has 0 saturated heterocycles. The number of ketones is 1. The normalized spacial score (nSPS) is 13.3. The fourth-order valence-corrected chi connectivity index (χ4v) is 2.75.